The average molecular weight is 266 g/mol. The molecule has 1 N–H and O–H groups in total. The van der Waals surface area contributed by atoms with E-state index < -0.39 is 0 Å². The van der Waals surface area contributed by atoms with E-state index in [0.29, 0.717) is 0 Å². The molecule has 0 aliphatic rings. The topological polar surface area (TPSA) is 33.1 Å². The van der Waals surface area contributed by atoms with Crippen molar-refractivity contribution in [3.8, 4) is 0 Å². The Kier molecular flexibility index (Phi) is 6.01. The number of aryl methyl sites for hydroxylation is 1. The molecular formula is C15H30N4. The Hall–Kier alpha value is -0.870. The minimum absolute atomic E-state index is 0.0799. The fraction of sp³-hybridized carbons (Fsp3) is 0.800. The van der Waals surface area contributed by atoms with E-state index >= 15 is 0 Å². The van der Waals surface area contributed by atoms with Gasteiger partial charge in [-0.2, -0.15) is 0 Å². The standard InChI is InChI=1S/C15H30N4/c1-7-15(5,19(9-3)10-4)13(16-6)14-17-11-12-18(14)8-2/h11-13,16H,7-10H2,1-6H3. The summed E-state index contributed by atoms with van der Waals surface area (Å²) in [5.41, 5.74) is 0.0799. The van der Waals surface area contributed by atoms with Gasteiger partial charge >= 0.3 is 0 Å². The van der Waals surface area contributed by atoms with Crippen LogP contribution in [0.25, 0.3) is 0 Å². The highest BCUT2D eigenvalue weighted by Gasteiger charge is 2.39. The highest BCUT2D eigenvalue weighted by molar-refractivity contribution is 5.09. The Balaban J connectivity index is 3.18. The van der Waals surface area contributed by atoms with Crippen LogP contribution in [0.1, 0.15) is 52.9 Å². The lowest BCUT2D eigenvalue weighted by Crippen LogP contribution is -2.54. The summed E-state index contributed by atoms with van der Waals surface area (Å²) in [7, 11) is 2.04. The molecule has 4 heteroatoms. The molecule has 1 aromatic rings. The second-order valence-electron chi connectivity index (χ2n) is 5.18. The van der Waals surface area contributed by atoms with Crippen molar-refractivity contribution in [2.24, 2.45) is 0 Å². The maximum absolute atomic E-state index is 4.60. The predicted octanol–water partition coefficient (Wildman–Crippen LogP) is 2.67. The van der Waals surface area contributed by atoms with E-state index in [9.17, 15) is 0 Å². The summed E-state index contributed by atoms with van der Waals surface area (Å²) in [4.78, 5) is 7.13. The fourth-order valence-corrected chi connectivity index (χ4v) is 3.12. The Morgan fingerprint density at radius 3 is 2.37 bits per heavy atom. The normalized spacial score (nSPS) is 16.6. The molecule has 0 saturated heterocycles. The second kappa shape index (κ2) is 7.06. The van der Waals surface area contributed by atoms with E-state index in [0.717, 1.165) is 31.9 Å². The van der Waals surface area contributed by atoms with Gasteiger partial charge in [0.15, 0.2) is 0 Å². The summed E-state index contributed by atoms with van der Waals surface area (Å²) in [5.74, 6) is 1.14. The Bertz CT molecular complexity index is 370. The van der Waals surface area contributed by atoms with E-state index in [1.54, 1.807) is 0 Å². The number of aromatic nitrogens is 2. The molecule has 0 aliphatic heterocycles. The van der Waals surface area contributed by atoms with E-state index in [-0.39, 0.29) is 11.6 Å². The molecule has 2 atom stereocenters. The first-order valence-corrected chi connectivity index (χ1v) is 7.52. The fourth-order valence-electron chi connectivity index (χ4n) is 3.12. The van der Waals surface area contributed by atoms with Crippen molar-refractivity contribution in [1.29, 1.82) is 0 Å². The molecule has 0 aliphatic carbocycles. The lowest BCUT2D eigenvalue weighted by Gasteiger charge is -2.45. The minimum atomic E-state index is 0.0799. The number of rotatable bonds is 8. The van der Waals surface area contributed by atoms with Gasteiger partial charge < -0.3 is 9.88 Å². The van der Waals surface area contributed by atoms with E-state index in [4.69, 9.17) is 0 Å². The van der Waals surface area contributed by atoms with Crippen molar-refractivity contribution in [2.75, 3.05) is 20.1 Å². The van der Waals surface area contributed by atoms with Crippen LogP contribution < -0.4 is 5.32 Å². The molecule has 0 aromatic carbocycles. The van der Waals surface area contributed by atoms with Crippen LogP contribution in [0.5, 0.6) is 0 Å². The monoisotopic (exact) mass is 266 g/mol. The molecule has 0 saturated carbocycles. The number of likely N-dealkylation sites (N-methyl/N-ethyl adjacent to an activating group) is 2. The average Bonchev–Trinajstić information content (AvgIpc) is 2.89. The molecule has 0 radical (unpaired) electrons. The van der Waals surface area contributed by atoms with Crippen LogP contribution in [0, 0.1) is 0 Å². The van der Waals surface area contributed by atoms with Gasteiger partial charge in [0, 0.05) is 24.5 Å². The van der Waals surface area contributed by atoms with Crippen molar-refractivity contribution in [3.05, 3.63) is 18.2 Å². The zero-order chi connectivity index (χ0) is 14.5. The third-order valence-electron chi connectivity index (χ3n) is 4.46. The van der Waals surface area contributed by atoms with Crippen LogP contribution in [0.2, 0.25) is 0 Å². The highest BCUT2D eigenvalue weighted by atomic mass is 15.2. The lowest BCUT2D eigenvalue weighted by atomic mass is 9.86. The van der Waals surface area contributed by atoms with Crippen molar-refractivity contribution in [3.63, 3.8) is 0 Å². The highest BCUT2D eigenvalue weighted by Crippen LogP contribution is 2.33. The molecule has 19 heavy (non-hydrogen) atoms. The van der Waals surface area contributed by atoms with E-state index in [1.165, 1.54) is 0 Å². The molecule has 0 bridgehead atoms. The van der Waals surface area contributed by atoms with Crippen LogP contribution in [0.15, 0.2) is 12.4 Å². The number of imidazole rings is 1. The molecule has 0 spiro atoms. The maximum Gasteiger partial charge on any atom is 0.127 e. The molecule has 4 nitrogen and oxygen atoms in total. The van der Waals surface area contributed by atoms with Gasteiger partial charge in [0.1, 0.15) is 5.82 Å². The smallest absolute Gasteiger partial charge is 0.127 e. The minimum Gasteiger partial charge on any atom is -0.334 e. The van der Waals surface area contributed by atoms with Crippen LogP contribution in [0.4, 0.5) is 0 Å². The van der Waals surface area contributed by atoms with Gasteiger partial charge in [-0.25, -0.2) is 4.98 Å². The van der Waals surface area contributed by atoms with Gasteiger partial charge in [-0.3, -0.25) is 4.90 Å². The van der Waals surface area contributed by atoms with Crippen LogP contribution in [0.3, 0.4) is 0 Å². The molecule has 2 unspecified atom stereocenters. The van der Waals surface area contributed by atoms with Crippen LogP contribution in [-0.2, 0) is 6.54 Å². The Morgan fingerprint density at radius 2 is 1.95 bits per heavy atom. The van der Waals surface area contributed by atoms with Gasteiger partial charge in [0.05, 0.1) is 6.04 Å². The molecule has 1 aromatic heterocycles. The molecule has 1 heterocycles. The molecule has 1 rings (SSSR count). The van der Waals surface area contributed by atoms with Crippen LogP contribution in [-0.4, -0.2) is 40.1 Å². The molecule has 0 fully saturated rings. The zero-order valence-electron chi connectivity index (χ0n) is 13.4. The van der Waals surface area contributed by atoms with Crippen molar-refractivity contribution in [1.82, 2.24) is 19.8 Å². The SMILES string of the molecule is CCN(CC)C(C)(CC)C(NC)c1nccn1CC. The number of hydrogen-bond acceptors (Lipinski definition) is 3. The van der Waals surface area contributed by atoms with Gasteiger partial charge in [-0.05, 0) is 40.4 Å². The Labute approximate surface area is 118 Å². The quantitative estimate of drug-likeness (QED) is 0.785. The van der Waals surface area contributed by atoms with Gasteiger partial charge in [-0.1, -0.05) is 20.8 Å². The third kappa shape index (κ3) is 3.00. The maximum atomic E-state index is 4.60. The first-order valence-electron chi connectivity index (χ1n) is 7.52. The first-order chi connectivity index (χ1) is 9.08. The largest absolute Gasteiger partial charge is 0.334 e. The second-order valence-corrected chi connectivity index (χ2v) is 5.18. The van der Waals surface area contributed by atoms with Crippen LogP contribution >= 0.6 is 0 Å². The van der Waals surface area contributed by atoms with Crippen molar-refractivity contribution < 1.29 is 0 Å². The van der Waals surface area contributed by atoms with E-state index in [2.05, 4.69) is 60.6 Å². The number of nitrogens with one attached hydrogen (secondary N) is 1. The number of nitrogens with zero attached hydrogens (tertiary/aromatic N) is 3. The van der Waals surface area contributed by atoms with Gasteiger partial charge in [-0.15, -0.1) is 0 Å². The van der Waals surface area contributed by atoms with Crippen molar-refractivity contribution >= 4 is 0 Å². The third-order valence-corrected chi connectivity index (χ3v) is 4.46. The Morgan fingerprint density at radius 1 is 1.32 bits per heavy atom. The molecule has 110 valence electrons. The lowest BCUT2D eigenvalue weighted by molar-refractivity contribution is 0.0683. The molecule has 0 amide bonds. The molecular weight excluding hydrogens is 236 g/mol. The summed E-state index contributed by atoms with van der Waals surface area (Å²) in [6.07, 6.45) is 5.07. The zero-order valence-corrected chi connectivity index (χ0v) is 13.4. The van der Waals surface area contributed by atoms with Gasteiger partial charge in [0.2, 0.25) is 0 Å². The first kappa shape index (κ1) is 16.2. The summed E-state index contributed by atoms with van der Waals surface area (Å²) < 4.78 is 2.23. The summed E-state index contributed by atoms with van der Waals surface area (Å²) in [6, 6.07) is 0.243. The van der Waals surface area contributed by atoms with Crippen molar-refractivity contribution in [2.45, 2.75) is 59.2 Å². The summed E-state index contributed by atoms with van der Waals surface area (Å²) in [5, 5.41) is 3.49. The summed E-state index contributed by atoms with van der Waals surface area (Å²) >= 11 is 0. The number of hydrogen-bond donors (Lipinski definition) is 1. The van der Waals surface area contributed by atoms with Gasteiger partial charge in [0.25, 0.3) is 0 Å². The predicted molar refractivity (Wildman–Crippen MR) is 81.3 cm³/mol. The summed E-state index contributed by atoms with van der Waals surface area (Å²) in [6.45, 7) is 14.3. The van der Waals surface area contributed by atoms with E-state index in [1.807, 2.05) is 13.2 Å².